The lowest BCUT2D eigenvalue weighted by Gasteiger charge is -2.15. The number of nitrogens with zero attached hydrogens (tertiary/aromatic N) is 1. The molecule has 0 spiro atoms. The van der Waals surface area contributed by atoms with Crippen molar-refractivity contribution >= 4 is 22.9 Å². The van der Waals surface area contributed by atoms with Crippen LogP contribution < -0.4 is 4.72 Å². The van der Waals surface area contributed by atoms with Crippen LogP contribution in [0, 0.1) is 11.7 Å². The van der Waals surface area contributed by atoms with Crippen LogP contribution in [0.2, 0.25) is 0 Å². The van der Waals surface area contributed by atoms with E-state index in [0.29, 0.717) is 24.3 Å². The molecule has 1 heterocycles. The summed E-state index contributed by atoms with van der Waals surface area (Å²) in [6.07, 6.45) is -0.135. The van der Waals surface area contributed by atoms with E-state index in [-0.39, 0.29) is 11.1 Å². The summed E-state index contributed by atoms with van der Waals surface area (Å²) in [5.41, 5.74) is 0.725. The molecule has 30 heavy (non-hydrogen) atoms. The summed E-state index contributed by atoms with van der Waals surface area (Å²) in [7, 11) is 0. The van der Waals surface area contributed by atoms with E-state index in [4.69, 9.17) is 0 Å². The van der Waals surface area contributed by atoms with E-state index in [1.54, 1.807) is 18.0 Å². The standard InChI is InChI=1S/C23H24F4N2S/c1-14(2)12-29-13-15(11-28-30-16-7-8-16)18-9-21(24)19(10-22(18)29)17-5-3-4-6-20(17)23(25,26)27/h3-6,9-10,13-14,16,28H,7-8,11-12H2,1-2H3. The zero-order chi connectivity index (χ0) is 21.5. The Hall–Kier alpha value is -1.99. The first-order valence-corrected chi connectivity index (χ1v) is 11.0. The Kier molecular flexibility index (Phi) is 5.86. The summed E-state index contributed by atoms with van der Waals surface area (Å²) < 4.78 is 61.0. The van der Waals surface area contributed by atoms with Gasteiger partial charge in [-0.25, -0.2) is 4.39 Å². The van der Waals surface area contributed by atoms with E-state index in [1.807, 2.05) is 10.8 Å². The fourth-order valence-electron chi connectivity index (χ4n) is 3.66. The van der Waals surface area contributed by atoms with Gasteiger partial charge in [-0.15, -0.1) is 0 Å². The van der Waals surface area contributed by atoms with Gasteiger partial charge in [0.05, 0.1) is 5.56 Å². The maximum absolute atomic E-state index is 15.1. The third-order valence-electron chi connectivity index (χ3n) is 5.17. The minimum Gasteiger partial charge on any atom is -0.347 e. The van der Waals surface area contributed by atoms with Gasteiger partial charge in [-0.2, -0.15) is 13.2 Å². The highest BCUT2D eigenvalue weighted by Gasteiger charge is 2.34. The van der Waals surface area contributed by atoms with Gasteiger partial charge in [0.25, 0.3) is 0 Å². The number of hydrogen-bond acceptors (Lipinski definition) is 2. The SMILES string of the molecule is CC(C)Cn1cc(CNSC2CC2)c2cc(F)c(-c3ccccc3C(F)(F)F)cc21. The van der Waals surface area contributed by atoms with Crippen LogP contribution in [0.1, 0.15) is 37.8 Å². The summed E-state index contributed by atoms with van der Waals surface area (Å²) >= 11 is 1.70. The number of aromatic nitrogens is 1. The third kappa shape index (κ3) is 4.52. The molecule has 0 saturated heterocycles. The molecule has 0 atom stereocenters. The molecule has 1 aliphatic rings. The maximum atomic E-state index is 15.1. The van der Waals surface area contributed by atoms with Crippen LogP contribution in [0.3, 0.4) is 0 Å². The molecule has 0 unspecified atom stereocenters. The van der Waals surface area contributed by atoms with Crippen LogP contribution in [0.15, 0.2) is 42.6 Å². The van der Waals surface area contributed by atoms with Gasteiger partial charge in [-0.1, -0.05) is 44.0 Å². The molecule has 4 rings (SSSR count). The summed E-state index contributed by atoms with van der Waals surface area (Å²) in [6, 6.07) is 8.11. The van der Waals surface area contributed by atoms with Gasteiger partial charge in [0.1, 0.15) is 5.82 Å². The number of halogens is 4. The predicted molar refractivity (Wildman–Crippen MR) is 115 cm³/mol. The van der Waals surface area contributed by atoms with Crippen molar-refractivity contribution in [3.05, 3.63) is 59.5 Å². The monoisotopic (exact) mass is 436 g/mol. The summed E-state index contributed by atoms with van der Waals surface area (Å²) in [5, 5.41) is 1.39. The molecular formula is C23H24F4N2S. The van der Waals surface area contributed by atoms with Crippen LogP contribution in [-0.4, -0.2) is 9.82 Å². The first-order valence-electron chi connectivity index (χ1n) is 10.1. The van der Waals surface area contributed by atoms with Crippen LogP contribution in [0.5, 0.6) is 0 Å². The lowest BCUT2D eigenvalue weighted by Crippen LogP contribution is -2.07. The molecule has 2 aromatic carbocycles. The van der Waals surface area contributed by atoms with Crippen molar-refractivity contribution in [3.8, 4) is 11.1 Å². The number of hydrogen-bond donors (Lipinski definition) is 1. The van der Waals surface area contributed by atoms with Crippen molar-refractivity contribution in [3.63, 3.8) is 0 Å². The van der Waals surface area contributed by atoms with Gasteiger partial charge in [-0.3, -0.25) is 4.72 Å². The quantitative estimate of drug-likeness (QED) is 0.317. The minimum atomic E-state index is -4.55. The molecular weight excluding hydrogens is 412 g/mol. The fourth-order valence-corrected chi connectivity index (χ4v) is 4.51. The van der Waals surface area contributed by atoms with Gasteiger partial charge in [-0.05, 0) is 48.1 Å². The van der Waals surface area contributed by atoms with Gasteiger partial charge in [0.15, 0.2) is 0 Å². The van der Waals surface area contributed by atoms with Crippen LogP contribution >= 0.6 is 11.9 Å². The van der Waals surface area contributed by atoms with Crippen molar-refractivity contribution in [2.75, 3.05) is 0 Å². The molecule has 0 amide bonds. The molecule has 1 saturated carbocycles. The van der Waals surface area contributed by atoms with Gasteiger partial charge >= 0.3 is 6.18 Å². The smallest absolute Gasteiger partial charge is 0.347 e. The fraction of sp³-hybridized carbons (Fsp3) is 0.391. The normalized spacial score (nSPS) is 14.8. The number of benzene rings is 2. The first kappa shape index (κ1) is 21.2. The second-order valence-electron chi connectivity index (χ2n) is 8.23. The molecule has 0 aliphatic heterocycles. The molecule has 2 nitrogen and oxygen atoms in total. The average Bonchev–Trinajstić information content (AvgIpc) is 3.44. The van der Waals surface area contributed by atoms with Gasteiger partial charge in [0, 0.05) is 41.0 Å². The van der Waals surface area contributed by atoms with E-state index in [2.05, 4.69) is 18.6 Å². The number of rotatable bonds is 7. The number of alkyl halides is 3. The Balaban J connectivity index is 1.80. The molecule has 0 radical (unpaired) electrons. The first-order chi connectivity index (χ1) is 14.2. The molecule has 1 aromatic heterocycles. The minimum absolute atomic E-state index is 0.0228. The third-order valence-corrected chi connectivity index (χ3v) is 6.29. The van der Waals surface area contributed by atoms with E-state index < -0.39 is 17.6 Å². The van der Waals surface area contributed by atoms with Gasteiger partial charge < -0.3 is 4.57 Å². The average molecular weight is 437 g/mol. The summed E-state index contributed by atoms with van der Waals surface area (Å²) in [6.45, 7) is 5.45. The van der Waals surface area contributed by atoms with Crippen molar-refractivity contribution in [2.24, 2.45) is 5.92 Å². The molecule has 7 heteroatoms. The van der Waals surface area contributed by atoms with Crippen LogP contribution in [0.25, 0.3) is 22.0 Å². The second-order valence-corrected chi connectivity index (χ2v) is 9.42. The van der Waals surface area contributed by atoms with Gasteiger partial charge in [0.2, 0.25) is 0 Å². The molecule has 3 aromatic rings. The van der Waals surface area contributed by atoms with Crippen molar-refractivity contribution in [1.82, 2.24) is 9.29 Å². The van der Waals surface area contributed by atoms with E-state index in [1.165, 1.54) is 37.1 Å². The van der Waals surface area contributed by atoms with Crippen molar-refractivity contribution < 1.29 is 17.6 Å². The highest BCUT2D eigenvalue weighted by molar-refractivity contribution is 7.98. The molecule has 1 N–H and O–H groups in total. The summed E-state index contributed by atoms with van der Waals surface area (Å²) in [5.74, 6) is -0.296. The highest BCUT2D eigenvalue weighted by atomic mass is 32.2. The van der Waals surface area contributed by atoms with E-state index >= 15 is 4.39 Å². The number of nitrogens with one attached hydrogen (secondary N) is 1. The zero-order valence-corrected chi connectivity index (χ0v) is 17.7. The number of fused-ring (bicyclic) bond motifs is 1. The maximum Gasteiger partial charge on any atom is 0.417 e. The van der Waals surface area contributed by atoms with Crippen LogP contribution in [-0.2, 0) is 19.3 Å². The highest BCUT2D eigenvalue weighted by Crippen LogP contribution is 2.39. The summed E-state index contributed by atoms with van der Waals surface area (Å²) in [4.78, 5) is 0. The largest absolute Gasteiger partial charge is 0.417 e. The van der Waals surface area contributed by atoms with E-state index in [0.717, 1.165) is 22.5 Å². The molecule has 160 valence electrons. The van der Waals surface area contributed by atoms with Crippen molar-refractivity contribution in [2.45, 2.75) is 51.2 Å². The molecule has 1 aliphatic carbocycles. The van der Waals surface area contributed by atoms with Crippen molar-refractivity contribution in [1.29, 1.82) is 0 Å². The van der Waals surface area contributed by atoms with Crippen LogP contribution in [0.4, 0.5) is 17.6 Å². The molecule has 0 bridgehead atoms. The second kappa shape index (κ2) is 8.27. The Morgan fingerprint density at radius 3 is 2.53 bits per heavy atom. The predicted octanol–water partition coefficient (Wildman–Crippen LogP) is 7.02. The Labute approximate surface area is 177 Å². The Bertz CT molecular complexity index is 1050. The Morgan fingerprint density at radius 2 is 1.87 bits per heavy atom. The van der Waals surface area contributed by atoms with E-state index in [9.17, 15) is 13.2 Å². The molecule has 1 fully saturated rings. The topological polar surface area (TPSA) is 17.0 Å². The Morgan fingerprint density at radius 1 is 1.13 bits per heavy atom. The lowest BCUT2D eigenvalue weighted by atomic mass is 9.97. The zero-order valence-electron chi connectivity index (χ0n) is 16.9. The lowest BCUT2D eigenvalue weighted by molar-refractivity contribution is -0.137.